The lowest BCUT2D eigenvalue weighted by Gasteiger charge is -2.32. The Kier molecular flexibility index (Phi) is 6.46. The van der Waals surface area contributed by atoms with Gasteiger partial charge in [0.25, 0.3) is 5.91 Å². The molecule has 1 aliphatic heterocycles. The highest BCUT2D eigenvalue weighted by Crippen LogP contribution is 2.29. The fourth-order valence-electron chi connectivity index (χ4n) is 3.84. The number of rotatable bonds is 6. The molecule has 0 saturated carbocycles. The second-order valence-electron chi connectivity index (χ2n) is 7.93. The summed E-state index contributed by atoms with van der Waals surface area (Å²) < 4.78 is 0. The Morgan fingerprint density at radius 1 is 1.03 bits per heavy atom. The van der Waals surface area contributed by atoms with E-state index < -0.39 is 0 Å². The fourth-order valence-corrected chi connectivity index (χ4v) is 3.84. The van der Waals surface area contributed by atoms with Gasteiger partial charge in [-0.25, -0.2) is 0 Å². The first-order chi connectivity index (χ1) is 15.1. The van der Waals surface area contributed by atoms with Gasteiger partial charge in [0.2, 0.25) is 0 Å². The number of H-pyrrole nitrogens is 1. The highest BCUT2D eigenvalue weighted by atomic mass is 16.1. The second kappa shape index (κ2) is 9.61. The monoisotopic (exact) mass is 413 g/mol. The maximum absolute atomic E-state index is 13.1. The number of piperazine rings is 1. The third kappa shape index (κ3) is 5.02. The van der Waals surface area contributed by atoms with Crippen LogP contribution >= 0.6 is 0 Å². The van der Waals surface area contributed by atoms with Crippen LogP contribution in [0.2, 0.25) is 0 Å². The summed E-state index contributed by atoms with van der Waals surface area (Å²) in [6.45, 7) is 5.68. The average molecular weight is 414 g/mol. The summed E-state index contributed by atoms with van der Waals surface area (Å²) in [5.41, 5.74) is 4.80. The van der Waals surface area contributed by atoms with E-state index in [1.807, 2.05) is 48.5 Å². The van der Waals surface area contributed by atoms with Gasteiger partial charge in [-0.15, -0.1) is 0 Å². The standard InChI is InChI=1S/C25H27N5O/c1-29-13-15-30(16-14-29)12-11-27-25(31)22-17-23(20-9-7-19(18-26)8-10-20)28-24(22)21-5-3-2-4-6-21/h2-10,17,28H,11-16H2,1H3,(H,27,31). The molecule has 31 heavy (non-hydrogen) atoms. The molecule has 2 aromatic carbocycles. The lowest BCUT2D eigenvalue weighted by atomic mass is 10.1. The molecule has 1 aliphatic rings. The van der Waals surface area contributed by atoms with E-state index in [0.717, 1.165) is 55.2 Å². The molecule has 0 atom stereocenters. The molecule has 3 aromatic rings. The molecule has 1 aromatic heterocycles. The summed E-state index contributed by atoms with van der Waals surface area (Å²) in [5, 5.41) is 12.1. The quantitative estimate of drug-likeness (QED) is 0.651. The van der Waals surface area contributed by atoms with Crippen molar-refractivity contribution in [3.05, 3.63) is 71.8 Å². The molecule has 0 bridgehead atoms. The summed E-state index contributed by atoms with van der Waals surface area (Å²) in [6.07, 6.45) is 0. The van der Waals surface area contributed by atoms with Crippen LogP contribution in [0.15, 0.2) is 60.7 Å². The van der Waals surface area contributed by atoms with Crippen molar-refractivity contribution in [1.82, 2.24) is 20.1 Å². The first kappa shape index (κ1) is 20.9. The number of amides is 1. The lowest BCUT2D eigenvalue weighted by molar-refractivity contribution is 0.0942. The van der Waals surface area contributed by atoms with E-state index in [0.29, 0.717) is 17.7 Å². The molecule has 0 radical (unpaired) electrons. The zero-order chi connectivity index (χ0) is 21.6. The van der Waals surface area contributed by atoms with E-state index in [2.05, 4.69) is 33.2 Å². The summed E-state index contributed by atoms with van der Waals surface area (Å²) in [6, 6.07) is 21.3. The van der Waals surface area contributed by atoms with Crippen LogP contribution in [0.1, 0.15) is 15.9 Å². The Labute approximate surface area is 183 Å². The molecule has 2 N–H and O–H groups in total. The van der Waals surface area contributed by atoms with E-state index in [1.165, 1.54) is 0 Å². The Balaban J connectivity index is 1.52. The third-order valence-electron chi connectivity index (χ3n) is 5.76. The number of hydrogen-bond acceptors (Lipinski definition) is 4. The smallest absolute Gasteiger partial charge is 0.253 e. The molecule has 1 fully saturated rings. The van der Waals surface area contributed by atoms with Crippen LogP contribution in [0.25, 0.3) is 22.5 Å². The molecule has 6 heteroatoms. The molecule has 0 spiro atoms. The van der Waals surface area contributed by atoms with Crippen molar-refractivity contribution in [1.29, 1.82) is 5.26 Å². The highest BCUT2D eigenvalue weighted by molar-refractivity contribution is 6.01. The number of aromatic nitrogens is 1. The number of carbonyl (C=O) groups is 1. The Hall–Kier alpha value is -3.40. The van der Waals surface area contributed by atoms with Crippen molar-refractivity contribution < 1.29 is 4.79 Å². The van der Waals surface area contributed by atoms with E-state index in [-0.39, 0.29) is 5.91 Å². The highest BCUT2D eigenvalue weighted by Gasteiger charge is 2.18. The van der Waals surface area contributed by atoms with Crippen LogP contribution in [-0.2, 0) is 0 Å². The zero-order valence-corrected chi connectivity index (χ0v) is 17.8. The number of hydrogen-bond donors (Lipinski definition) is 2. The number of nitrogens with one attached hydrogen (secondary N) is 2. The molecule has 1 amide bonds. The van der Waals surface area contributed by atoms with Gasteiger partial charge < -0.3 is 15.2 Å². The number of nitriles is 1. The van der Waals surface area contributed by atoms with Gasteiger partial charge in [-0.05, 0) is 36.4 Å². The third-order valence-corrected chi connectivity index (χ3v) is 5.76. The van der Waals surface area contributed by atoms with Gasteiger partial charge in [-0.1, -0.05) is 42.5 Å². The van der Waals surface area contributed by atoms with Crippen LogP contribution < -0.4 is 5.32 Å². The van der Waals surface area contributed by atoms with Crippen molar-refractivity contribution in [2.75, 3.05) is 46.3 Å². The molecule has 2 heterocycles. The molecule has 6 nitrogen and oxygen atoms in total. The van der Waals surface area contributed by atoms with Gasteiger partial charge in [0, 0.05) is 45.0 Å². The van der Waals surface area contributed by atoms with E-state index >= 15 is 0 Å². The molecule has 0 aliphatic carbocycles. The number of nitrogens with zero attached hydrogens (tertiary/aromatic N) is 3. The minimum Gasteiger partial charge on any atom is -0.354 e. The average Bonchev–Trinajstić information content (AvgIpc) is 3.27. The predicted octanol–water partition coefficient (Wildman–Crippen LogP) is 3.20. The maximum Gasteiger partial charge on any atom is 0.253 e. The van der Waals surface area contributed by atoms with Crippen LogP contribution in [0.4, 0.5) is 0 Å². The second-order valence-corrected chi connectivity index (χ2v) is 7.93. The minimum atomic E-state index is -0.0795. The normalized spacial score (nSPS) is 14.8. The summed E-state index contributed by atoms with van der Waals surface area (Å²) >= 11 is 0. The molecular weight excluding hydrogens is 386 g/mol. The number of carbonyl (C=O) groups excluding carboxylic acids is 1. The SMILES string of the molecule is CN1CCN(CCNC(=O)c2cc(-c3ccc(C#N)cc3)[nH]c2-c2ccccc2)CC1. The maximum atomic E-state index is 13.1. The summed E-state index contributed by atoms with van der Waals surface area (Å²) in [7, 11) is 2.14. The van der Waals surface area contributed by atoms with Crippen LogP contribution in [0.3, 0.4) is 0 Å². The Morgan fingerprint density at radius 2 is 1.74 bits per heavy atom. The van der Waals surface area contributed by atoms with Crippen molar-refractivity contribution in [2.45, 2.75) is 0 Å². The molecule has 158 valence electrons. The topological polar surface area (TPSA) is 75.2 Å². The molecule has 4 rings (SSSR count). The summed E-state index contributed by atoms with van der Waals surface area (Å²) in [4.78, 5) is 21.2. The first-order valence-electron chi connectivity index (χ1n) is 10.6. The minimum absolute atomic E-state index is 0.0795. The van der Waals surface area contributed by atoms with Crippen LogP contribution in [-0.4, -0.2) is 67.0 Å². The van der Waals surface area contributed by atoms with Crippen molar-refractivity contribution >= 4 is 5.91 Å². The van der Waals surface area contributed by atoms with Gasteiger partial charge in [0.1, 0.15) is 0 Å². The van der Waals surface area contributed by atoms with Crippen molar-refractivity contribution in [3.63, 3.8) is 0 Å². The largest absolute Gasteiger partial charge is 0.354 e. The molecule has 0 unspecified atom stereocenters. The predicted molar refractivity (Wildman–Crippen MR) is 123 cm³/mol. The summed E-state index contributed by atoms with van der Waals surface area (Å²) in [5.74, 6) is -0.0795. The van der Waals surface area contributed by atoms with Gasteiger partial charge >= 0.3 is 0 Å². The molecular formula is C25H27N5O. The fraction of sp³-hybridized carbons (Fsp3) is 0.280. The van der Waals surface area contributed by atoms with Crippen molar-refractivity contribution in [3.8, 4) is 28.6 Å². The van der Waals surface area contributed by atoms with Gasteiger partial charge in [0.05, 0.1) is 22.9 Å². The van der Waals surface area contributed by atoms with Crippen LogP contribution in [0, 0.1) is 11.3 Å². The number of aromatic amines is 1. The van der Waals surface area contributed by atoms with E-state index in [9.17, 15) is 4.79 Å². The van der Waals surface area contributed by atoms with Gasteiger partial charge in [0.15, 0.2) is 0 Å². The van der Waals surface area contributed by atoms with Crippen molar-refractivity contribution in [2.24, 2.45) is 0 Å². The number of likely N-dealkylation sites (N-methyl/N-ethyl adjacent to an activating group) is 1. The van der Waals surface area contributed by atoms with Crippen LogP contribution in [0.5, 0.6) is 0 Å². The van der Waals surface area contributed by atoms with E-state index in [1.54, 1.807) is 12.1 Å². The lowest BCUT2D eigenvalue weighted by Crippen LogP contribution is -2.46. The van der Waals surface area contributed by atoms with Gasteiger partial charge in [-0.2, -0.15) is 5.26 Å². The first-order valence-corrected chi connectivity index (χ1v) is 10.6. The molecule has 1 saturated heterocycles. The Morgan fingerprint density at radius 3 is 2.42 bits per heavy atom. The number of benzene rings is 2. The van der Waals surface area contributed by atoms with E-state index in [4.69, 9.17) is 5.26 Å². The Bertz CT molecular complexity index is 1060. The van der Waals surface area contributed by atoms with Gasteiger partial charge in [-0.3, -0.25) is 9.69 Å². The zero-order valence-electron chi connectivity index (χ0n) is 17.8.